The molecule has 0 aromatic heterocycles. The summed E-state index contributed by atoms with van der Waals surface area (Å²) in [5.74, 6) is 0.176. The Kier molecular flexibility index (Phi) is 3.18. The number of likely N-dealkylation sites (tertiary alicyclic amines) is 1. The molecule has 1 aromatic rings. The number of hydrogen-bond donors (Lipinski definition) is 0. The summed E-state index contributed by atoms with van der Waals surface area (Å²) in [5, 5.41) is 0. The second-order valence-corrected chi connectivity index (χ2v) is 6.87. The van der Waals surface area contributed by atoms with Gasteiger partial charge in [0.15, 0.2) is 5.79 Å². The Hall–Kier alpha value is -1.16. The molecule has 2 aliphatic heterocycles. The predicted molar refractivity (Wildman–Crippen MR) is 81.7 cm³/mol. The van der Waals surface area contributed by atoms with Crippen molar-refractivity contribution >= 4 is 0 Å². The van der Waals surface area contributed by atoms with Gasteiger partial charge in [-0.15, -0.1) is 0 Å². The number of fused-ring (bicyclic) bond motifs is 2. The molecule has 0 N–H and O–H groups in total. The summed E-state index contributed by atoms with van der Waals surface area (Å²) in [7, 11) is 0. The predicted octanol–water partition coefficient (Wildman–Crippen LogP) is 2.97. The number of ether oxygens (including phenoxy) is 2. The molecular weight excluding hydrogens is 262 g/mol. The molecule has 2 saturated heterocycles. The quantitative estimate of drug-likeness (QED) is 0.797. The summed E-state index contributed by atoms with van der Waals surface area (Å²) >= 11 is 0. The van der Waals surface area contributed by atoms with Crippen molar-refractivity contribution in [2.45, 2.75) is 50.8 Å². The highest BCUT2D eigenvalue weighted by molar-refractivity contribution is 5.22. The minimum atomic E-state index is -0.436. The smallest absolute Gasteiger partial charge is 0.163 e. The van der Waals surface area contributed by atoms with Crippen LogP contribution in [0.3, 0.4) is 0 Å². The number of rotatable bonds is 3. The van der Waals surface area contributed by atoms with Crippen molar-refractivity contribution < 1.29 is 9.47 Å². The molecule has 2 fully saturated rings. The van der Waals surface area contributed by atoms with Gasteiger partial charge < -0.3 is 9.47 Å². The molecule has 0 amide bonds. The lowest BCUT2D eigenvalue weighted by atomic mass is 9.96. The Morgan fingerprint density at radius 2 is 2.00 bits per heavy atom. The van der Waals surface area contributed by atoms with E-state index in [-0.39, 0.29) is 6.10 Å². The van der Waals surface area contributed by atoms with E-state index in [1.807, 2.05) is 13.8 Å². The van der Waals surface area contributed by atoms with Gasteiger partial charge in [-0.1, -0.05) is 42.5 Å². The second kappa shape index (κ2) is 4.94. The zero-order chi connectivity index (χ0) is 14.4. The first kappa shape index (κ1) is 13.5. The summed E-state index contributed by atoms with van der Waals surface area (Å²) in [6, 6.07) is 11.7. The second-order valence-electron chi connectivity index (χ2n) is 6.87. The Bertz CT molecular complexity index is 539. The van der Waals surface area contributed by atoms with E-state index in [9.17, 15) is 0 Å². The van der Waals surface area contributed by atoms with Gasteiger partial charge in [-0.2, -0.15) is 0 Å². The van der Waals surface area contributed by atoms with Crippen LogP contribution in [0.15, 0.2) is 42.5 Å². The summed E-state index contributed by atoms with van der Waals surface area (Å²) in [4.78, 5) is 2.61. The van der Waals surface area contributed by atoms with Gasteiger partial charge in [-0.05, 0) is 31.7 Å². The minimum absolute atomic E-state index is 0.184. The van der Waals surface area contributed by atoms with Crippen LogP contribution >= 0.6 is 0 Å². The van der Waals surface area contributed by atoms with Crippen molar-refractivity contribution in [3.8, 4) is 0 Å². The van der Waals surface area contributed by atoms with Crippen LogP contribution in [-0.2, 0) is 16.0 Å². The molecule has 21 heavy (non-hydrogen) atoms. The maximum absolute atomic E-state index is 6.16. The van der Waals surface area contributed by atoms with E-state index in [1.165, 1.54) is 12.0 Å². The average molecular weight is 285 g/mol. The molecule has 4 atom stereocenters. The lowest BCUT2D eigenvalue weighted by Gasteiger charge is -2.36. The molecule has 3 heteroatoms. The molecule has 0 spiro atoms. The Morgan fingerprint density at radius 1 is 1.19 bits per heavy atom. The van der Waals surface area contributed by atoms with E-state index in [4.69, 9.17) is 9.47 Å². The Labute approximate surface area is 126 Å². The fourth-order valence-corrected chi connectivity index (χ4v) is 4.06. The van der Waals surface area contributed by atoms with E-state index >= 15 is 0 Å². The van der Waals surface area contributed by atoms with Crippen LogP contribution in [0, 0.1) is 5.92 Å². The fraction of sp³-hybridized carbons (Fsp3) is 0.556. The van der Waals surface area contributed by atoms with Gasteiger partial charge in [0, 0.05) is 18.6 Å². The lowest BCUT2D eigenvalue weighted by molar-refractivity contribution is -0.147. The summed E-state index contributed by atoms with van der Waals surface area (Å²) < 4.78 is 12.0. The number of benzene rings is 1. The maximum atomic E-state index is 6.16. The SMILES string of the molecule is CC1(C)OC[C@H]([C@H]2[C@H]3C=C[C@H](C3)N2Cc2ccccc2)O1. The highest BCUT2D eigenvalue weighted by Crippen LogP contribution is 2.42. The molecule has 2 bridgehead atoms. The zero-order valence-electron chi connectivity index (χ0n) is 12.7. The number of nitrogens with zero attached hydrogens (tertiary/aromatic N) is 1. The standard InChI is InChI=1S/C18H23NO2/c1-18(2)20-12-16(21-18)17-14-8-9-15(10-14)19(17)11-13-6-4-3-5-7-13/h3-9,14-17H,10-12H2,1-2H3/t14-,15+,16+,17+/m0/s1. The van der Waals surface area contributed by atoms with Crippen LogP contribution in [0.5, 0.6) is 0 Å². The van der Waals surface area contributed by atoms with Crippen LogP contribution in [0.25, 0.3) is 0 Å². The molecule has 1 aromatic carbocycles. The van der Waals surface area contributed by atoms with Gasteiger partial charge in [0.25, 0.3) is 0 Å². The largest absolute Gasteiger partial charge is 0.348 e. The molecule has 2 heterocycles. The van der Waals surface area contributed by atoms with Crippen LogP contribution < -0.4 is 0 Å². The number of hydrogen-bond acceptors (Lipinski definition) is 3. The molecule has 112 valence electrons. The summed E-state index contributed by atoms with van der Waals surface area (Å²) in [6.07, 6.45) is 6.16. The van der Waals surface area contributed by atoms with Gasteiger partial charge in [-0.25, -0.2) is 0 Å². The topological polar surface area (TPSA) is 21.7 Å². The van der Waals surface area contributed by atoms with Crippen LogP contribution in [0.1, 0.15) is 25.8 Å². The third-order valence-corrected chi connectivity index (χ3v) is 4.96. The zero-order valence-corrected chi connectivity index (χ0v) is 12.7. The summed E-state index contributed by atoms with van der Waals surface area (Å²) in [6.45, 7) is 5.73. The van der Waals surface area contributed by atoms with Crippen molar-refractivity contribution in [1.29, 1.82) is 0 Å². The molecular formula is C18H23NO2. The monoisotopic (exact) mass is 285 g/mol. The van der Waals surface area contributed by atoms with Crippen LogP contribution in [0.4, 0.5) is 0 Å². The van der Waals surface area contributed by atoms with E-state index < -0.39 is 5.79 Å². The van der Waals surface area contributed by atoms with Gasteiger partial charge in [0.2, 0.25) is 0 Å². The first-order chi connectivity index (χ1) is 10.1. The molecule has 4 rings (SSSR count). The highest BCUT2D eigenvalue weighted by atomic mass is 16.7. The van der Waals surface area contributed by atoms with Crippen molar-refractivity contribution in [1.82, 2.24) is 4.90 Å². The van der Waals surface area contributed by atoms with Crippen LogP contribution in [0.2, 0.25) is 0 Å². The van der Waals surface area contributed by atoms with Gasteiger partial charge >= 0.3 is 0 Å². The molecule has 3 aliphatic rings. The van der Waals surface area contributed by atoms with Crippen molar-refractivity contribution in [2.24, 2.45) is 5.92 Å². The molecule has 0 radical (unpaired) electrons. The first-order valence-electron chi connectivity index (χ1n) is 7.92. The molecule has 3 nitrogen and oxygen atoms in total. The molecule has 1 aliphatic carbocycles. The third-order valence-electron chi connectivity index (χ3n) is 4.96. The third kappa shape index (κ3) is 2.44. The molecule has 0 saturated carbocycles. The normalized spacial score (nSPS) is 37.4. The van der Waals surface area contributed by atoms with E-state index in [0.717, 1.165) is 6.54 Å². The maximum Gasteiger partial charge on any atom is 0.163 e. The van der Waals surface area contributed by atoms with Gasteiger partial charge in [-0.3, -0.25) is 4.90 Å². The summed E-state index contributed by atoms with van der Waals surface area (Å²) in [5.41, 5.74) is 1.38. The first-order valence-corrected chi connectivity index (χ1v) is 7.92. The average Bonchev–Trinajstić information content (AvgIpc) is 3.14. The molecule has 0 unspecified atom stereocenters. The van der Waals surface area contributed by atoms with E-state index in [2.05, 4.69) is 47.4 Å². The van der Waals surface area contributed by atoms with Gasteiger partial charge in [0.1, 0.15) is 6.10 Å². The van der Waals surface area contributed by atoms with Crippen molar-refractivity contribution in [3.05, 3.63) is 48.0 Å². The van der Waals surface area contributed by atoms with Crippen molar-refractivity contribution in [2.75, 3.05) is 6.61 Å². The Morgan fingerprint density at radius 3 is 2.71 bits per heavy atom. The van der Waals surface area contributed by atoms with Crippen molar-refractivity contribution in [3.63, 3.8) is 0 Å². The highest BCUT2D eigenvalue weighted by Gasteiger charge is 2.50. The lowest BCUT2D eigenvalue weighted by Crippen LogP contribution is -2.47. The van der Waals surface area contributed by atoms with E-state index in [0.29, 0.717) is 24.6 Å². The fourth-order valence-electron chi connectivity index (χ4n) is 4.06. The van der Waals surface area contributed by atoms with E-state index in [1.54, 1.807) is 0 Å². The minimum Gasteiger partial charge on any atom is -0.348 e. The van der Waals surface area contributed by atoms with Crippen LogP contribution in [-0.4, -0.2) is 35.5 Å². The Balaban J connectivity index is 1.55. The van der Waals surface area contributed by atoms with Gasteiger partial charge in [0.05, 0.1) is 6.61 Å².